The van der Waals surface area contributed by atoms with Gasteiger partial charge in [-0.1, -0.05) is 0 Å². The van der Waals surface area contributed by atoms with Crippen molar-refractivity contribution in [2.45, 2.75) is 25.8 Å². The van der Waals surface area contributed by atoms with Crippen LogP contribution in [-0.2, 0) is 7.05 Å². The van der Waals surface area contributed by atoms with E-state index in [2.05, 4.69) is 15.0 Å². The highest BCUT2D eigenvalue weighted by Gasteiger charge is 2.29. The van der Waals surface area contributed by atoms with E-state index in [4.69, 9.17) is 0 Å². The fraction of sp³-hybridized carbons (Fsp3) is 0.389. The summed E-state index contributed by atoms with van der Waals surface area (Å²) in [5, 5.41) is 0. The van der Waals surface area contributed by atoms with E-state index in [0.29, 0.717) is 24.4 Å². The molecule has 1 saturated heterocycles. The van der Waals surface area contributed by atoms with Crippen molar-refractivity contribution < 1.29 is 4.79 Å². The third-order valence-corrected chi connectivity index (χ3v) is 4.90. The molecule has 0 spiro atoms. The molecule has 0 unspecified atom stereocenters. The van der Waals surface area contributed by atoms with E-state index in [1.165, 1.54) is 6.20 Å². The van der Waals surface area contributed by atoms with Gasteiger partial charge in [-0.25, -0.2) is 14.8 Å². The number of aryl methyl sites for hydroxylation is 2. The zero-order valence-electron chi connectivity index (χ0n) is 14.8. The smallest absolute Gasteiger partial charge is 0.330 e. The summed E-state index contributed by atoms with van der Waals surface area (Å²) in [6.07, 6.45) is 6.44. The SMILES string of the molecule is Cc1cnc(C(=O)N2CCC[C@H](n3c(=O)n(C)c4cccnc43)C2)cn1. The molecule has 1 atom stereocenters. The molecule has 1 amide bonds. The first kappa shape index (κ1) is 16.4. The van der Waals surface area contributed by atoms with Crippen molar-refractivity contribution in [3.63, 3.8) is 0 Å². The Bertz CT molecular complexity index is 1020. The molecule has 3 aromatic rings. The quantitative estimate of drug-likeness (QED) is 0.694. The Balaban J connectivity index is 1.66. The van der Waals surface area contributed by atoms with E-state index >= 15 is 0 Å². The topological polar surface area (TPSA) is 85.9 Å². The number of pyridine rings is 1. The summed E-state index contributed by atoms with van der Waals surface area (Å²) in [5.74, 6) is -0.150. The third kappa shape index (κ3) is 2.67. The zero-order valence-corrected chi connectivity index (χ0v) is 14.8. The molecule has 0 aliphatic carbocycles. The third-order valence-electron chi connectivity index (χ3n) is 4.90. The average Bonchev–Trinajstić information content (AvgIpc) is 2.93. The van der Waals surface area contributed by atoms with Crippen LogP contribution in [-0.4, -0.2) is 48.0 Å². The Morgan fingerprint density at radius 1 is 1.23 bits per heavy atom. The highest BCUT2D eigenvalue weighted by Crippen LogP contribution is 2.24. The van der Waals surface area contributed by atoms with Crippen molar-refractivity contribution in [3.05, 3.63) is 52.6 Å². The minimum Gasteiger partial charge on any atom is -0.335 e. The predicted octanol–water partition coefficient (Wildman–Crippen LogP) is 1.31. The number of amides is 1. The van der Waals surface area contributed by atoms with Crippen molar-refractivity contribution >= 4 is 17.1 Å². The largest absolute Gasteiger partial charge is 0.335 e. The van der Waals surface area contributed by atoms with Gasteiger partial charge in [0.15, 0.2) is 5.65 Å². The van der Waals surface area contributed by atoms with Crippen molar-refractivity contribution in [2.75, 3.05) is 13.1 Å². The van der Waals surface area contributed by atoms with Gasteiger partial charge in [0.2, 0.25) is 0 Å². The lowest BCUT2D eigenvalue weighted by Crippen LogP contribution is -2.43. The summed E-state index contributed by atoms with van der Waals surface area (Å²) in [6, 6.07) is 3.60. The molecule has 1 fully saturated rings. The van der Waals surface area contributed by atoms with Crippen molar-refractivity contribution in [3.8, 4) is 0 Å². The van der Waals surface area contributed by atoms with Crippen LogP contribution in [0.15, 0.2) is 35.5 Å². The number of likely N-dealkylation sites (tertiary alicyclic amines) is 1. The van der Waals surface area contributed by atoms with Crippen LogP contribution in [0.25, 0.3) is 11.2 Å². The highest BCUT2D eigenvalue weighted by atomic mass is 16.2. The lowest BCUT2D eigenvalue weighted by Gasteiger charge is -2.32. The molecule has 4 heterocycles. The summed E-state index contributed by atoms with van der Waals surface area (Å²) in [7, 11) is 1.75. The van der Waals surface area contributed by atoms with E-state index in [-0.39, 0.29) is 17.6 Å². The predicted molar refractivity (Wildman–Crippen MR) is 95.9 cm³/mol. The Morgan fingerprint density at radius 2 is 2.08 bits per heavy atom. The van der Waals surface area contributed by atoms with Crippen LogP contribution in [0.4, 0.5) is 0 Å². The van der Waals surface area contributed by atoms with Gasteiger partial charge in [0, 0.05) is 32.5 Å². The first-order chi connectivity index (χ1) is 12.6. The van der Waals surface area contributed by atoms with Gasteiger partial charge in [0.05, 0.1) is 23.4 Å². The Morgan fingerprint density at radius 3 is 2.85 bits per heavy atom. The van der Waals surface area contributed by atoms with Gasteiger partial charge in [-0.05, 0) is 31.9 Å². The van der Waals surface area contributed by atoms with E-state index < -0.39 is 0 Å². The van der Waals surface area contributed by atoms with Gasteiger partial charge in [0.1, 0.15) is 5.69 Å². The molecule has 26 heavy (non-hydrogen) atoms. The van der Waals surface area contributed by atoms with E-state index in [9.17, 15) is 9.59 Å². The molecule has 0 radical (unpaired) electrons. The van der Waals surface area contributed by atoms with Gasteiger partial charge in [0.25, 0.3) is 5.91 Å². The number of rotatable bonds is 2. The number of aromatic nitrogens is 5. The van der Waals surface area contributed by atoms with Crippen LogP contribution in [0, 0.1) is 6.92 Å². The van der Waals surface area contributed by atoms with Crippen LogP contribution in [0.5, 0.6) is 0 Å². The van der Waals surface area contributed by atoms with Gasteiger partial charge in [-0.2, -0.15) is 0 Å². The second-order valence-corrected chi connectivity index (χ2v) is 6.65. The van der Waals surface area contributed by atoms with Gasteiger partial charge < -0.3 is 4.90 Å². The van der Waals surface area contributed by atoms with Crippen LogP contribution in [0.2, 0.25) is 0 Å². The monoisotopic (exact) mass is 352 g/mol. The lowest BCUT2D eigenvalue weighted by molar-refractivity contribution is 0.0672. The molecule has 3 aromatic heterocycles. The summed E-state index contributed by atoms with van der Waals surface area (Å²) >= 11 is 0. The van der Waals surface area contributed by atoms with Crippen LogP contribution in [0.1, 0.15) is 35.1 Å². The molecule has 1 aliphatic rings. The van der Waals surface area contributed by atoms with Gasteiger partial charge >= 0.3 is 5.69 Å². The van der Waals surface area contributed by atoms with Crippen molar-refractivity contribution in [1.82, 2.24) is 29.0 Å². The Hall–Kier alpha value is -3.03. The fourth-order valence-corrected chi connectivity index (χ4v) is 3.54. The lowest BCUT2D eigenvalue weighted by atomic mass is 10.1. The van der Waals surface area contributed by atoms with Crippen LogP contribution in [0.3, 0.4) is 0 Å². The van der Waals surface area contributed by atoms with Gasteiger partial charge in [-0.15, -0.1) is 0 Å². The fourth-order valence-electron chi connectivity index (χ4n) is 3.54. The summed E-state index contributed by atoms with van der Waals surface area (Å²) in [6.45, 7) is 2.94. The minimum absolute atomic E-state index is 0.0998. The molecule has 0 saturated carbocycles. The van der Waals surface area contributed by atoms with E-state index in [1.54, 1.807) is 33.5 Å². The highest BCUT2D eigenvalue weighted by molar-refractivity contribution is 5.92. The standard InChI is InChI=1S/C18H20N6O2/c1-12-9-21-14(10-20-12)17(25)23-8-4-5-13(11-23)24-16-15(6-3-7-19-16)22(2)18(24)26/h3,6-7,9-10,13H,4-5,8,11H2,1-2H3/t13-/m0/s1. The number of carbonyl (C=O) groups excluding carboxylic acids is 1. The number of fused-ring (bicyclic) bond motifs is 1. The first-order valence-electron chi connectivity index (χ1n) is 8.66. The number of nitrogens with zero attached hydrogens (tertiary/aromatic N) is 6. The molecule has 8 heteroatoms. The first-order valence-corrected chi connectivity index (χ1v) is 8.66. The zero-order chi connectivity index (χ0) is 18.3. The van der Waals surface area contributed by atoms with Crippen molar-refractivity contribution in [2.24, 2.45) is 7.05 Å². The summed E-state index contributed by atoms with van der Waals surface area (Å²) in [4.78, 5) is 40.0. The minimum atomic E-state index is -0.150. The molecule has 8 nitrogen and oxygen atoms in total. The summed E-state index contributed by atoms with van der Waals surface area (Å²) in [5.41, 5.74) is 2.46. The number of piperidine rings is 1. The second kappa shape index (κ2) is 6.36. The average molecular weight is 352 g/mol. The Kier molecular flexibility index (Phi) is 4.02. The van der Waals surface area contributed by atoms with E-state index in [0.717, 1.165) is 24.1 Å². The van der Waals surface area contributed by atoms with Gasteiger partial charge in [-0.3, -0.25) is 18.9 Å². The normalized spacial score (nSPS) is 17.6. The Labute approximate surface area is 150 Å². The maximum absolute atomic E-state index is 12.8. The number of carbonyl (C=O) groups is 1. The molecule has 0 bridgehead atoms. The second-order valence-electron chi connectivity index (χ2n) is 6.65. The van der Waals surface area contributed by atoms with Crippen LogP contribution >= 0.6 is 0 Å². The maximum Gasteiger partial charge on any atom is 0.330 e. The van der Waals surface area contributed by atoms with Crippen molar-refractivity contribution in [1.29, 1.82) is 0 Å². The molecule has 1 aliphatic heterocycles. The summed E-state index contributed by atoms with van der Waals surface area (Å²) < 4.78 is 3.32. The maximum atomic E-state index is 12.8. The molecule has 0 aromatic carbocycles. The van der Waals surface area contributed by atoms with Crippen LogP contribution < -0.4 is 5.69 Å². The number of hydrogen-bond acceptors (Lipinski definition) is 5. The van der Waals surface area contributed by atoms with E-state index in [1.807, 2.05) is 19.1 Å². The molecule has 134 valence electrons. The molecular formula is C18H20N6O2. The molecule has 4 rings (SSSR count). The molecule has 0 N–H and O–H groups in total. The number of hydrogen-bond donors (Lipinski definition) is 0. The number of imidazole rings is 1. The molecular weight excluding hydrogens is 332 g/mol.